The minimum absolute atomic E-state index is 0.216. The van der Waals surface area contributed by atoms with Crippen molar-refractivity contribution in [1.82, 2.24) is 5.16 Å². The van der Waals surface area contributed by atoms with Crippen molar-refractivity contribution in [3.8, 4) is 5.75 Å². The summed E-state index contributed by atoms with van der Waals surface area (Å²) in [6.45, 7) is 1.92. The molecule has 1 aromatic heterocycles. The van der Waals surface area contributed by atoms with Crippen molar-refractivity contribution in [2.45, 2.75) is 38.7 Å². The molecule has 1 aliphatic rings. The topological polar surface area (TPSA) is 64.4 Å². The molecule has 1 N–H and O–H groups in total. The van der Waals surface area contributed by atoms with E-state index >= 15 is 0 Å². The Labute approximate surface area is 123 Å². The number of ether oxygens (including phenoxy) is 1. The van der Waals surface area contributed by atoms with E-state index in [0.717, 1.165) is 18.6 Å². The SMILES string of the molecule is CC[C@H](Oc1ccc2c(c1)CCC2)C(=O)Nc1ccon1. The van der Waals surface area contributed by atoms with Crippen LogP contribution in [-0.2, 0) is 17.6 Å². The second kappa shape index (κ2) is 5.99. The second-order valence-corrected chi connectivity index (χ2v) is 5.17. The average molecular weight is 286 g/mol. The first-order chi connectivity index (χ1) is 10.3. The molecule has 0 aliphatic heterocycles. The number of hydrogen-bond donors (Lipinski definition) is 1. The van der Waals surface area contributed by atoms with E-state index in [4.69, 9.17) is 9.26 Å². The average Bonchev–Trinajstić information content (AvgIpc) is 3.14. The van der Waals surface area contributed by atoms with Crippen LogP contribution in [0.3, 0.4) is 0 Å². The number of anilines is 1. The van der Waals surface area contributed by atoms with Crippen LogP contribution in [0.2, 0.25) is 0 Å². The third-order valence-corrected chi connectivity index (χ3v) is 3.70. The summed E-state index contributed by atoms with van der Waals surface area (Å²) in [5.74, 6) is 0.931. The maximum atomic E-state index is 12.2. The number of nitrogens with one attached hydrogen (secondary N) is 1. The molecular weight excluding hydrogens is 268 g/mol. The van der Waals surface area contributed by atoms with Gasteiger partial charge in [0, 0.05) is 6.07 Å². The third kappa shape index (κ3) is 3.07. The van der Waals surface area contributed by atoms with Crippen molar-refractivity contribution >= 4 is 11.7 Å². The van der Waals surface area contributed by atoms with Gasteiger partial charge in [0.1, 0.15) is 12.0 Å². The summed E-state index contributed by atoms with van der Waals surface area (Å²) >= 11 is 0. The molecule has 2 aromatic rings. The van der Waals surface area contributed by atoms with Gasteiger partial charge in [-0.25, -0.2) is 0 Å². The number of rotatable bonds is 5. The number of nitrogens with zero attached hydrogens (tertiary/aromatic N) is 1. The van der Waals surface area contributed by atoms with E-state index in [9.17, 15) is 4.79 Å². The molecule has 0 spiro atoms. The summed E-state index contributed by atoms with van der Waals surface area (Å²) in [5, 5.41) is 6.34. The van der Waals surface area contributed by atoms with Crippen LogP contribution in [0.4, 0.5) is 5.82 Å². The van der Waals surface area contributed by atoms with Gasteiger partial charge >= 0.3 is 0 Å². The summed E-state index contributed by atoms with van der Waals surface area (Å²) < 4.78 is 10.5. The van der Waals surface area contributed by atoms with Crippen LogP contribution in [0.5, 0.6) is 5.75 Å². The minimum Gasteiger partial charge on any atom is -0.481 e. The van der Waals surface area contributed by atoms with Crippen molar-refractivity contribution in [3.63, 3.8) is 0 Å². The van der Waals surface area contributed by atoms with E-state index in [1.165, 1.54) is 23.8 Å². The molecule has 1 atom stereocenters. The van der Waals surface area contributed by atoms with Crippen LogP contribution >= 0.6 is 0 Å². The molecule has 0 radical (unpaired) electrons. The van der Waals surface area contributed by atoms with Gasteiger partial charge in [-0.2, -0.15) is 0 Å². The van der Waals surface area contributed by atoms with Crippen LogP contribution in [0.15, 0.2) is 35.1 Å². The van der Waals surface area contributed by atoms with Gasteiger partial charge in [0.25, 0.3) is 5.91 Å². The molecule has 1 aliphatic carbocycles. The first-order valence-corrected chi connectivity index (χ1v) is 7.26. The number of carbonyl (C=O) groups excluding carboxylic acids is 1. The Morgan fingerprint density at radius 1 is 1.38 bits per heavy atom. The Kier molecular flexibility index (Phi) is 3.90. The Hall–Kier alpha value is -2.30. The number of aromatic nitrogens is 1. The molecule has 0 saturated heterocycles. The molecule has 0 bridgehead atoms. The summed E-state index contributed by atoms with van der Waals surface area (Å²) in [4.78, 5) is 12.2. The van der Waals surface area contributed by atoms with E-state index in [0.29, 0.717) is 12.2 Å². The molecule has 0 saturated carbocycles. The van der Waals surface area contributed by atoms with Gasteiger partial charge in [0.2, 0.25) is 0 Å². The Balaban J connectivity index is 1.67. The van der Waals surface area contributed by atoms with Gasteiger partial charge in [-0.05, 0) is 48.9 Å². The zero-order valence-corrected chi connectivity index (χ0v) is 12.0. The number of benzene rings is 1. The first kappa shape index (κ1) is 13.7. The van der Waals surface area contributed by atoms with E-state index in [1.807, 2.05) is 19.1 Å². The maximum absolute atomic E-state index is 12.2. The van der Waals surface area contributed by atoms with Gasteiger partial charge in [-0.15, -0.1) is 0 Å². The molecule has 5 nitrogen and oxygen atoms in total. The lowest BCUT2D eigenvalue weighted by atomic mass is 10.1. The van der Waals surface area contributed by atoms with Crippen LogP contribution in [-0.4, -0.2) is 17.2 Å². The largest absolute Gasteiger partial charge is 0.481 e. The molecule has 1 heterocycles. The van der Waals surface area contributed by atoms with Crippen molar-refractivity contribution in [3.05, 3.63) is 41.7 Å². The highest BCUT2D eigenvalue weighted by atomic mass is 16.5. The van der Waals surface area contributed by atoms with Crippen molar-refractivity contribution < 1.29 is 14.1 Å². The number of amides is 1. The lowest BCUT2D eigenvalue weighted by molar-refractivity contribution is -0.122. The van der Waals surface area contributed by atoms with E-state index in [2.05, 4.69) is 16.5 Å². The highest BCUT2D eigenvalue weighted by Gasteiger charge is 2.20. The predicted molar refractivity (Wildman–Crippen MR) is 78.3 cm³/mol. The minimum atomic E-state index is -0.541. The highest BCUT2D eigenvalue weighted by molar-refractivity contribution is 5.93. The van der Waals surface area contributed by atoms with Gasteiger partial charge in [0.05, 0.1) is 0 Å². The fraction of sp³-hybridized carbons (Fsp3) is 0.375. The zero-order chi connectivity index (χ0) is 14.7. The number of carbonyl (C=O) groups is 1. The molecule has 1 aromatic carbocycles. The van der Waals surface area contributed by atoms with Crippen LogP contribution in [0, 0.1) is 0 Å². The van der Waals surface area contributed by atoms with Gasteiger partial charge in [0.15, 0.2) is 11.9 Å². The van der Waals surface area contributed by atoms with Gasteiger partial charge in [-0.1, -0.05) is 18.1 Å². The van der Waals surface area contributed by atoms with E-state index < -0.39 is 6.10 Å². The molecule has 0 fully saturated rings. The smallest absolute Gasteiger partial charge is 0.266 e. The van der Waals surface area contributed by atoms with E-state index in [-0.39, 0.29) is 5.91 Å². The molecule has 0 unspecified atom stereocenters. The lowest BCUT2D eigenvalue weighted by Crippen LogP contribution is -2.32. The molecular formula is C16H18N2O3. The summed E-state index contributed by atoms with van der Waals surface area (Å²) in [5.41, 5.74) is 2.72. The molecule has 110 valence electrons. The summed E-state index contributed by atoms with van der Waals surface area (Å²) in [6.07, 6.45) is 4.89. The van der Waals surface area contributed by atoms with Crippen LogP contribution in [0.1, 0.15) is 30.9 Å². The predicted octanol–water partition coefficient (Wildman–Crippen LogP) is 2.96. The van der Waals surface area contributed by atoms with Gasteiger partial charge < -0.3 is 14.6 Å². The summed E-state index contributed by atoms with van der Waals surface area (Å²) in [6, 6.07) is 7.69. The third-order valence-electron chi connectivity index (χ3n) is 3.70. The first-order valence-electron chi connectivity index (χ1n) is 7.26. The number of fused-ring (bicyclic) bond motifs is 1. The lowest BCUT2D eigenvalue weighted by Gasteiger charge is -2.17. The fourth-order valence-electron chi connectivity index (χ4n) is 2.59. The van der Waals surface area contributed by atoms with Crippen LogP contribution in [0.25, 0.3) is 0 Å². The Morgan fingerprint density at radius 3 is 3.00 bits per heavy atom. The molecule has 21 heavy (non-hydrogen) atoms. The standard InChI is InChI=1S/C16H18N2O3/c1-2-14(16(19)17-15-8-9-20-18-15)21-13-7-6-11-4-3-5-12(11)10-13/h6-10,14H,2-5H2,1H3,(H,17,18,19)/t14-/m0/s1. The highest BCUT2D eigenvalue weighted by Crippen LogP contribution is 2.26. The summed E-state index contributed by atoms with van der Waals surface area (Å²) in [7, 11) is 0. The fourth-order valence-corrected chi connectivity index (χ4v) is 2.59. The number of hydrogen-bond acceptors (Lipinski definition) is 4. The Bertz CT molecular complexity index is 622. The van der Waals surface area contributed by atoms with Crippen molar-refractivity contribution in [2.75, 3.05) is 5.32 Å². The quantitative estimate of drug-likeness (QED) is 0.917. The zero-order valence-electron chi connectivity index (χ0n) is 12.0. The van der Waals surface area contributed by atoms with Crippen LogP contribution < -0.4 is 10.1 Å². The monoisotopic (exact) mass is 286 g/mol. The van der Waals surface area contributed by atoms with Crippen molar-refractivity contribution in [2.24, 2.45) is 0 Å². The van der Waals surface area contributed by atoms with Gasteiger partial charge in [-0.3, -0.25) is 4.79 Å². The molecule has 5 heteroatoms. The number of aryl methyl sites for hydroxylation is 2. The Morgan fingerprint density at radius 2 is 2.24 bits per heavy atom. The molecule has 3 rings (SSSR count). The second-order valence-electron chi connectivity index (χ2n) is 5.17. The molecule has 1 amide bonds. The maximum Gasteiger partial charge on any atom is 0.266 e. The van der Waals surface area contributed by atoms with E-state index in [1.54, 1.807) is 6.07 Å². The normalized spacial score (nSPS) is 14.5. The van der Waals surface area contributed by atoms with Crippen molar-refractivity contribution in [1.29, 1.82) is 0 Å².